The summed E-state index contributed by atoms with van der Waals surface area (Å²) in [7, 11) is -3.54. The van der Waals surface area contributed by atoms with Gasteiger partial charge in [0.2, 0.25) is 10.0 Å². The molecule has 0 bridgehead atoms. The molecule has 2 aromatic rings. The molecule has 1 fully saturated rings. The number of aryl methyl sites for hydroxylation is 1. The number of benzene rings is 2. The monoisotopic (exact) mass is 359 g/mol. The predicted molar refractivity (Wildman–Crippen MR) is 94.7 cm³/mol. The first-order valence-electron chi connectivity index (χ1n) is 8.30. The highest BCUT2D eigenvalue weighted by Gasteiger charge is 2.27. The maximum atomic E-state index is 12.6. The highest BCUT2D eigenvalue weighted by molar-refractivity contribution is 7.89. The van der Waals surface area contributed by atoms with Crippen molar-refractivity contribution in [3.63, 3.8) is 0 Å². The van der Waals surface area contributed by atoms with Gasteiger partial charge in [-0.2, -0.15) is 4.31 Å². The molecule has 0 radical (unpaired) electrons. The van der Waals surface area contributed by atoms with Gasteiger partial charge in [0.25, 0.3) is 0 Å². The maximum absolute atomic E-state index is 12.6. The molecular weight excluding hydrogens is 338 g/mol. The fraction of sp³-hybridized carbons (Fsp3) is 0.316. The number of sulfonamides is 1. The van der Waals surface area contributed by atoms with E-state index in [1.807, 2.05) is 31.2 Å². The maximum Gasteiger partial charge on any atom is 0.338 e. The summed E-state index contributed by atoms with van der Waals surface area (Å²) >= 11 is 0. The van der Waals surface area contributed by atoms with Crippen LogP contribution in [0.15, 0.2) is 53.4 Å². The predicted octanol–water partition coefficient (Wildman–Crippen LogP) is 3.14. The summed E-state index contributed by atoms with van der Waals surface area (Å²) in [6.45, 7) is 3.18. The fourth-order valence-corrected chi connectivity index (χ4v) is 4.42. The van der Waals surface area contributed by atoms with Crippen molar-refractivity contribution in [2.75, 3.05) is 13.1 Å². The summed E-state index contributed by atoms with van der Waals surface area (Å²) in [5.41, 5.74) is 2.21. The fourth-order valence-electron chi connectivity index (χ4n) is 2.86. The molecule has 1 heterocycles. The van der Waals surface area contributed by atoms with Gasteiger partial charge in [-0.05, 0) is 49.1 Å². The van der Waals surface area contributed by atoms with E-state index in [0.29, 0.717) is 13.1 Å². The number of esters is 1. The van der Waals surface area contributed by atoms with E-state index in [4.69, 9.17) is 4.74 Å². The SMILES string of the molecule is Cc1ccccc1COC(=O)c1cccc(S(=O)(=O)N2CCCC2)c1. The molecule has 1 aliphatic rings. The molecule has 0 unspecified atom stereocenters. The zero-order valence-electron chi connectivity index (χ0n) is 14.1. The van der Waals surface area contributed by atoms with Crippen molar-refractivity contribution in [2.24, 2.45) is 0 Å². The zero-order valence-corrected chi connectivity index (χ0v) is 15.0. The molecule has 1 saturated heterocycles. The Morgan fingerprint density at radius 1 is 1.08 bits per heavy atom. The van der Waals surface area contributed by atoms with Crippen LogP contribution in [0.1, 0.15) is 34.3 Å². The van der Waals surface area contributed by atoms with Crippen molar-refractivity contribution in [1.82, 2.24) is 4.31 Å². The lowest BCUT2D eigenvalue weighted by atomic mass is 10.1. The first-order chi connectivity index (χ1) is 12.0. The van der Waals surface area contributed by atoms with Gasteiger partial charge in [0, 0.05) is 13.1 Å². The van der Waals surface area contributed by atoms with Crippen molar-refractivity contribution >= 4 is 16.0 Å². The second-order valence-corrected chi connectivity index (χ2v) is 8.08. The minimum absolute atomic E-state index is 0.139. The number of rotatable bonds is 5. The van der Waals surface area contributed by atoms with Crippen LogP contribution in [0.2, 0.25) is 0 Å². The second-order valence-electron chi connectivity index (χ2n) is 6.14. The summed E-state index contributed by atoms with van der Waals surface area (Å²) in [5.74, 6) is -0.526. The van der Waals surface area contributed by atoms with Gasteiger partial charge in [-0.25, -0.2) is 13.2 Å². The Labute approximate surface area is 148 Å². The lowest BCUT2D eigenvalue weighted by Crippen LogP contribution is -2.28. The van der Waals surface area contributed by atoms with Crippen molar-refractivity contribution in [3.05, 3.63) is 65.2 Å². The smallest absolute Gasteiger partial charge is 0.338 e. The molecule has 0 spiro atoms. The quantitative estimate of drug-likeness (QED) is 0.770. The van der Waals surface area contributed by atoms with Crippen molar-refractivity contribution in [2.45, 2.75) is 31.3 Å². The molecule has 0 amide bonds. The summed E-state index contributed by atoms with van der Waals surface area (Å²) in [6.07, 6.45) is 1.74. The van der Waals surface area contributed by atoms with Gasteiger partial charge < -0.3 is 4.74 Å². The zero-order chi connectivity index (χ0) is 17.9. The van der Waals surface area contributed by atoms with E-state index in [-0.39, 0.29) is 17.1 Å². The van der Waals surface area contributed by atoms with Crippen LogP contribution < -0.4 is 0 Å². The molecule has 0 aliphatic carbocycles. The topological polar surface area (TPSA) is 63.7 Å². The van der Waals surface area contributed by atoms with Crippen LogP contribution in [-0.4, -0.2) is 31.8 Å². The Hall–Kier alpha value is -2.18. The van der Waals surface area contributed by atoms with Crippen LogP contribution in [-0.2, 0) is 21.4 Å². The minimum atomic E-state index is -3.54. The van der Waals surface area contributed by atoms with Crippen LogP contribution in [0.5, 0.6) is 0 Å². The molecule has 2 aromatic carbocycles. The van der Waals surface area contributed by atoms with Gasteiger partial charge in [0.05, 0.1) is 10.5 Å². The normalized spacial score (nSPS) is 15.2. The van der Waals surface area contributed by atoms with Gasteiger partial charge in [-0.3, -0.25) is 0 Å². The van der Waals surface area contributed by atoms with Gasteiger partial charge in [0.15, 0.2) is 0 Å². The van der Waals surface area contributed by atoms with E-state index in [1.54, 1.807) is 12.1 Å². The summed E-state index contributed by atoms with van der Waals surface area (Å²) < 4.78 is 32.0. The van der Waals surface area contributed by atoms with Crippen molar-refractivity contribution in [1.29, 1.82) is 0 Å². The molecule has 25 heavy (non-hydrogen) atoms. The van der Waals surface area contributed by atoms with Crippen molar-refractivity contribution < 1.29 is 17.9 Å². The van der Waals surface area contributed by atoms with Crippen molar-refractivity contribution in [3.8, 4) is 0 Å². The highest BCUT2D eigenvalue weighted by Crippen LogP contribution is 2.22. The third-order valence-corrected chi connectivity index (χ3v) is 6.29. The number of ether oxygens (including phenoxy) is 1. The molecule has 132 valence electrons. The summed E-state index contributed by atoms with van der Waals surface area (Å²) in [5, 5.41) is 0. The van der Waals surface area contributed by atoms with E-state index in [0.717, 1.165) is 24.0 Å². The lowest BCUT2D eigenvalue weighted by molar-refractivity contribution is 0.0472. The number of nitrogens with zero attached hydrogens (tertiary/aromatic N) is 1. The Bertz CT molecular complexity index is 870. The second kappa shape index (κ2) is 7.37. The third kappa shape index (κ3) is 3.91. The van der Waals surface area contributed by atoms with Crippen LogP contribution in [0.4, 0.5) is 0 Å². The minimum Gasteiger partial charge on any atom is -0.457 e. The van der Waals surface area contributed by atoms with E-state index < -0.39 is 16.0 Å². The van der Waals surface area contributed by atoms with Gasteiger partial charge in [0.1, 0.15) is 6.61 Å². The first kappa shape index (κ1) is 17.6. The number of hydrogen-bond acceptors (Lipinski definition) is 4. The average molecular weight is 359 g/mol. The molecule has 0 saturated carbocycles. The van der Waals surface area contributed by atoms with E-state index >= 15 is 0 Å². The average Bonchev–Trinajstić information content (AvgIpc) is 3.16. The highest BCUT2D eigenvalue weighted by atomic mass is 32.2. The Kier molecular flexibility index (Phi) is 5.20. The lowest BCUT2D eigenvalue weighted by Gasteiger charge is -2.16. The molecule has 6 heteroatoms. The summed E-state index contributed by atoms with van der Waals surface area (Å²) in [4.78, 5) is 12.4. The number of carbonyl (C=O) groups excluding carboxylic acids is 1. The molecular formula is C19H21NO4S. The molecule has 0 aromatic heterocycles. The standard InChI is InChI=1S/C19H21NO4S/c1-15-7-2-3-8-17(15)14-24-19(21)16-9-6-10-18(13-16)25(22,23)20-11-4-5-12-20/h2-3,6-10,13H,4-5,11-12,14H2,1H3. The van der Waals surface area contributed by atoms with E-state index in [9.17, 15) is 13.2 Å². The van der Waals surface area contributed by atoms with Gasteiger partial charge >= 0.3 is 5.97 Å². The van der Waals surface area contributed by atoms with Crippen LogP contribution in [0.3, 0.4) is 0 Å². The molecule has 0 atom stereocenters. The van der Waals surface area contributed by atoms with E-state index in [1.165, 1.54) is 16.4 Å². The van der Waals surface area contributed by atoms with Crippen LogP contribution in [0, 0.1) is 6.92 Å². The molecule has 0 N–H and O–H groups in total. The third-order valence-electron chi connectivity index (χ3n) is 4.39. The van der Waals surface area contributed by atoms with Gasteiger partial charge in [-0.15, -0.1) is 0 Å². The Morgan fingerprint density at radius 3 is 2.52 bits per heavy atom. The van der Waals surface area contributed by atoms with Gasteiger partial charge in [-0.1, -0.05) is 30.3 Å². The Balaban J connectivity index is 1.74. The number of carbonyl (C=O) groups is 1. The van der Waals surface area contributed by atoms with Crippen LogP contribution >= 0.6 is 0 Å². The Morgan fingerprint density at radius 2 is 1.80 bits per heavy atom. The first-order valence-corrected chi connectivity index (χ1v) is 9.74. The molecule has 3 rings (SSSR count). The number of hydrogen-bond donors (Lipinski definition) is 0. The van der Waals surface area contributed by atoms with Crippen LogP contribution in [0.25, 0.3) is 0 Å². The van der Waals surface area contributed by atoms with E-state index in [2.05, 4.69) is 0 Å². The summed E-state index contributed by atoms with van der Waals surface area (Å²) in [6, 6.07) is 13.7. The molecule has 1 aliphatic heterocycles. The largest absolute Gasteiger partial charge is 0.457 e. The molecule has 5 nitrogen and oxygen atoms in total.